The molecule has 2 aliphatic rings. The highest BCUT2D eigenvalue weighted by molar-refractivity contribution is 7.90. The smallest absolute Gasteiger partial charge is 0.214 e. The van der Waals surface area contributed by atoms with Crippen LogP contribution in [-0.4, -0.2) is 52.6 Å². The first-order valence-corrected chi connectivity index (χ1v) is 11.7. The van der Waals surface area contributed by atoms with E-state index in [9.17, 15) is 8.42 Å². The van der Waals surface area contributed by atoms with Gasteiger partial charge in [0.15, 0.2) is 0 Å². The lowest BCUT2D eigenvalue weighted by molar-refractivity contribution is 0.122. The molecular weight excluding hydrogens is 362 g/mol. The Hall–Kier alpha value is -1.31. The molecule has 0 bridgehead atoms. The Morgan fingerprint density at radius 2 is 1.70 bits per heavy atom. The summed E-state index contributed by atoms with van der Waals surface area (Å²) < 4.78 is 32.3. The van der Waals surface area contributed by atoms with Crippen molar-refractivity contribution in [1.29, 1.82) is 0 Å². The lowest BCUT2D eigenvalue weighted by atomic mass is 9.86. The van der Waals surface area contributed by atoms with Crippen LogP contribution in [0.5, 0.6) is 0 Å². The molecule has 2 N–H and O–H groups in total. The molecule has 0 spiro atoms. The highest BCUT2D eigenvalue weighted by atomic mass is 32.2. The lowest BCUT2D eigenvalue weighted by Crippen LogP contribution is -2.41. The predicted octanol–water partition coefficient (Wildman–Crippen LogP) is 2.82. The van der Waals surface area contributed by atoms with Crippen LogP contribution >= 0.6 is 0 Å². The summed E-state index contributed by atoms with van der Waals surface area (Å²) in [5.74, 6) is 0.601. The van der Waals surface area contributed by atoms with Gasteiger partial charge in [-0.15, -0.1) is 0 Å². The number of sulfonamides is 1. The summed E-state index contributed by atoms with van der Waals surface area (Å²) in [7, 11) is -3.16. The van der Waals surface area contributed by atoms with Crippen LogP contribution in [0.2, 0.25) is 0 Å². The minimum absolute atomic E-state index is 0.0986. The van der Waals surface area contributed by atoms with Crippen molar-refractivity contribution < 1.29 is 13.2 Å². The fourth-order valence-corrected chi connectivity index (χ4v) is 4.70. The summed E-state index contributed by atoms with van der Waals surface area (Å²) in [5.41, 5.74) is 2.40. The van der Waals surface area contributed by atoms with Gasteiger partial charge in [0, 0.05) is 37.1 Å². The first kappa shape index (κ1) is 20.4. The maximum Gasteiger partial charge on any atom is 0.214 e. The van der Waals surface area contributed by atoms with Gasteiger partial charge in [-0.3, -0.25) is 0 Å². The van der Waals surface area contributed by atoms with Gasteiger partial charge in [0.2, 0.25) is 10.0 Å². The third kappa shape index (κ3) is 5.83. The number of anilines is 2. The van der Waals surface area contributed by atoms with E-state index in [1.165, 1.54) is 5.69 Å². The molecule has 1 aromatic carbocycles. The molecule has 1 aliphatic heterocycles. The second kappa shape index (κ2) is 9.26. The van der Waals surface area contributed by atoms with E-state index in [0.717, 1.165) is 64.2 Å². The van der Waals surface area contributed by atoms with Gasteiger partial charge < -0.3 is 15.0 Å². The van der Waals surface area contributed by atoms with Crippen molar-refractivity contribution in [1.82, 2.24) is 4.72 Å². The lowest BCUT2D eigenvalue weighted by Gasteiger charge is -2.30. The number of benzene rings is 1. The van der Waals surface area contributed by atoms with E-state index in [4.69, 9.17) is 4.74 Å². The Bertz CT molecular complexity index is 677. The van der Waals surface area contributed by atoms with E-state index in [1.807, 2.05) is 0 Å². The molecule has 1 saturated heterocycles. The summed E-state index contributed by atoms with van der Waals surface area (Å²) in [6, 6.07) is 8.73. The van der Waals surface area contributed by atoms with E-state index in [2.05, 4.69) is 39.2 Å². The number of hydrogen-bond donors (Lipinski definition) is 2. The summed E-state index contributed by atoms with van der Waals surface area (Å²) in [5, 5.41) is 3.18. The molecule has 1 heterocycles. The summed E-state index contributed by atoms with van der Waals surface area (Å²) in [6.45, 7) is 7.91. The summed E-state index contributed by atoms with van der Waals surface area (Å²) in [4.78, 5) is 2.35. The number of ether oxygens (including phenoxy) is 1. The molecule has 2 fully saturated rings. The number of nitrogens with one attached hydrogen (secondary N) is 2. The fourth-order valence-electron chi connectivity index (χ4n) is 3.73. The third-order valence-electron chi connectivity index (χ3n) is 5.64. The second-order valence-electron chi connectivity index (χ2n) is 7.96. The Kier molecular flexibility index (Phi) is 7.00. The van der Waals surface area contributed by atoms with E-state index in [0.29, 0.717) is 5.92 Å². The minimum atomic E-state index is -3.16. The molecule has 0 unspecified atom stereocenters. The van der Waals surface area contributed by atoms with Gasteiger partial charge in [-0.1, -0.05) is 0 Å². The van der Waals surface area contributed by atoms with Gasteiger partial charge in [-0.05, 0) is 69.7 Å². The van der Waals surface area contributed by atoms with Crippen LogP contribution in [0.4, 0.5) is 11.4 Å². The Labute approximate surface area is 163 Å². The molecule has 1 aromatic rings. The van der Waals surface area contributed by atoms with Crippen LogP contribution < -0.4 is 14.9 Å². The molecule has 1 aliphatic carbocycles. The minimum Gasteiger partial charge on any atom is -0.385 e. The number of hydrogen-bond acceptors (Lipinski definition) is 5. The third-order valence-corrected chi connectivity index (χ3v) is 7.54. The molecule has 0 amide bonds. The molecule has 3 rings (SSSR count). The first-order chi connectivity index (χ1) is 12.9. The van der Waals surface area contributed by atoms with Crippen molar-refractivity contribution in [2.45, 2.75) is 50.8 Å². The molecule has 0 atom stereocenters. The Morgan fingerprint density at radius 3 is 2.30 bits per heavy atom. The zero-order chi connectivity index (χ0) is 19.3. The molecule has 0 aromatic heterocycles. The Morgan fingerprint density at radius 1 is 1.07 bits per heavy atom. The molecule has 0 radical (unpaired) electrons. The van der Waals surface area contributed by atoms with Gasteiger partial charge in [0.1, 0.15) is 0 Å². The average molecular weight is 396 g/mol. The molecule has 27 heavy (non-hydrogen) atoms. The highest BCUT2D eigenvalue weighted by Crippen LogP contribution is 2.26. The standard InChI is InChI=1S/C20H33N3O3S/c1-16(2)27(24,25)22-19-5-3-17(4-6-19)15-21-18-7-9-20(10-8-18)23-11-13-26-14-12-23/h7-10,16-17,19,21-22H,3-6,11-15H2,1-2H3. The average Bonchev–Trinajstić information content (AvgIpc) is 2.68. The maximum absolute atomic E-state index is 12.0. The molecule has 6 nitrogen and oxygen atoms in total. The quantitative estimate of drug-likeness (QED) is 0.743. The summed E-state index contributed by atoms with van der Waals surface area (Å²) >= 11 is 0. The van der Waals surface area contributed by atoms with E-state index in [-0.39, 0.29) is 11.3 Å². The number of nitrogens with zero attached hydrogens (tertiary/aromatic N) is 1. The zero-order valence-electron chi connectivity index (χ0n) is 16.5. The van der Waals surface area contributed by atoms with E-state index >= 15 is 0 Å². The van der Waals surface area contributed by atoms with Crippen molar-refractivity contribution >= 4 is 21.4 Å². The van der Waals surface area contributed by atoms with Crippen molar-refractivity contribution in [2.24, 2.45) is 5.92 Å². The van der Waals surface area contributed by atoms with Gasteiger partial charge in [-0.2, -0.15) is 0 Å². The van der Waals surface area contributed by atoms with Crippen molar-refractivity contribution in [3.05, 3.63) is 24.3 Å². The number of morpholine rings is 1. The van der Waals surface area contributed by atoms with E-state index in [1.54, 1.807) is 13.8 Å². The van der Waals surface area contributed by atoms with Crippen LogP contribution in [0.1, 0.15) is 39.5 Å². The predicted molar refractivity (Wildman–Crippen MR) is 111 cm³/mol. The van der Waals surface area contributed by atoms with E-state index < -0.39 is 10.0 Å². The normalized spacial score (nSPS) is 24.2. The monoisotopic (exact) mass is 395 g/mol. The van der Waals surface area contributed by atoms with Gasteiger partial charge in [-0.25, -0.2) is 13.1 Å². The number of rotatable bonds is 7. The van der Waals surface area contributed by atoms with Crippen LogP contribution in [-0.2, 0) is 14.8 Å². The molecule has 152 valence electrons. The Balaban J connectivity index is 1.41. The second-order valence-corrected chi connectivity index (χ2v) is 10.2. The van der Waals surface area contributed by atoms with Crippen LogP contribution in [0, 0.1) is 5.92 Å². The summed E-state index contributed by atoms with van der Waals surface area (Å²) in [6.07, 6.45) is 3.97. The maximum atomic E-state index is 12.0. The van der Waals surface area contributed by atoms with Crippen LogP contribution in [0.15, 0.2) is 24.3 Å². The first-order valence-electron chi connectivity index (χ1n) is 10.1. The van der Waals surface area contributed by atoms with Crippen molar-refractivity contribution in [2.75, 3.05) is 43.1 Å². The SMILES string of the molecule is CC(C)S(=O)(=O)NC1CCC(CNc2ccc(N3CCOCC3)cc2)CC1. The van der Waals surface area contributed by atoms with Crippen LogP contribution in [0.25, 0.3) is 0 Å². The van der Waals surface area contributed by atoms with Gasteiger partial charge >= 0.3 is 0 Å². The zero-order valence-corrected chi connectivity index (χ0v) is 17.3. The molecular formula is C20H33N3O3S. The molecule has 1 saturated carbocycles. The van der Waals surface area contributed by atoms with Crippen molar-refractivity contribution in [3.8, 4) is 0 Å². The topological polar surface area (TPSA) is 70.7 Å². The van der Waals surface area contributed by atoms with Crippen molar-refractivity contribution in [3.63, 3.8) is 0 Å². The van der Waals surface area contributed by atoms with Gasteiger partial charge in [0.05, 0.1) is 18.5 Å². The molecule has 7 heteroatoms. The van der Waals surface area contributed by atoms with Crippen LogP contribution in [0.3, 0.4) is 0 Å². The highest BCUT2D eigenvalue weighted by Gasteiger charge is 2.26. The fraction of sp³-hybridized carbons (Fsp3) is 0.700. The van der Waals surface area contributed by atoms with Gasteiger partial charge in [0.25, 0.3) is 0 Å². The largest absolute Gasteiger partial charge is 0.385 e.